The van der Waals surface area contributed by atoms with Crippen LogP contribution in [0.2, 0.25) is 0 Å². The normalized spacial score (nSPS) is 16.9. The Morgan fingerprint density at radius 3 is 2.56 bits per heavy atom. The van der Waals surface area contributed by atoms with Crippen molar-refractivity contribution in [3.05, 3.63) is 46.5 Å². The van der Waals surface area contributed by atoms with Gasteiger partial charge in [-0.25, -0.2) is 4.58 Å². The maximum Gasteiger partial charge on any atom is 0.231 e. The van der Waals surface area contributed by atoms with Crippen LogP contribution in [0.4, 0.5) is 0 Å². The van der Waals surface area contributed by atoms with Crippen molar-refractivity contribution in [1.29, 1.82) is 0 Å². The lowest BCUT2D eigenvalue weighted by molar-refractivity contribution is -0.539. The highest BCUT2D eigenvalue weighted by Gasteiger charge is 2.35. The molecular weight excluding hydrogens is 318 g/mol. The van der Waals surface area contributed by atoms with Crippen molar-refractivity contribution in [3.63, 3.8) is 0 Å². The van der Waals surface area contributed by atoms with Crippen LogP contribution in [-0.2, 0) is 19.4 Å². The molecule has 25 heavy (non-hydrogen) atoms. The van der Waals surface area contributed by atoms with Crippen LogP contribution in [0.1, 0.15) is 22.3 Å². The second kappa shape index (κ2) is 5.41. The second-order valence-corrected chi connectivity index (χ2v) is 6.60. The molecule has 128 valence electrons. The predicted octanol–water partition coefficient (Wildman–Crippen LogP) is 2.55. The van der Waals surface area contributed by atoms with E-state index in [4.69, 9.17) is 18.9 Å². The average Bonchev–Trinajstić information content (AvgIpc) is 3.18. The molecule has 0 unspecified atom stereocenters. The van der Waals surface area contributed by atoms with Gasteiger partial charge < -0.3 is 18.9 Å². The Bertz CT molecular complexity index is 916. The van der Waals surface area contributed by atoms with Gasteiger partial charge in [0.2, 0.25) is 6.79 Å². The fourth-order valence-electron chi connectivity index (χ4n) is 4.16. The summed E-state index contributed by atoms with van der Waals surface area (Å²) in [7, 11) is 3.39. The van der Waals surface area contributed by atoms with Crippen LogP contribution in [0.3, 0.4) is 0 Å². The Morgan fingerprint density at radius 2 is 1.80 bits per heavy atom. The zero-order valence-corrected chi connectivity index (χ0v) is 14.4. The standard InChI is InChI=1S/C20H20NO4/c1-22-17-4-3-14-15(20(17)23-2)10-21-6-5-12-8-18-19(25-11-24-18)9-13(12)7-16(14)21/h3-4,8-9H,5-7,10-11H2,1-2H3/q+1. The lowest BCUT2D eigenvalue weighted by Gasteiger charge is -2.11. The molecule has 3 aliphatic rings. The summed E-state index contributed by atoms with van der Waals surface area (Å²) in [5.41, 5.74) is 6.52. The summed E-state index contributed by atoms with van der Waals surface area (Å²) in [6.45, 7) is 2.18. The van der Waals surface area contributed by atoms with Gasteiger partial charge in [-0.3, -0.25) is 0 Å². The van der Waals surface area contributed by atoms with Crippen LogP contribution in [-0.4, -0.2) is 37.8 Å². The van der Waals surface area contributed by atoms with Crippen molar-refractivity contribution in [2.75, 3.05) is 27.6 Å². The first kappa shape index (κ1) is 14.6. The molecule has 0 spiro atoms. The van der Waals surface area contributed by atoms with E-state index in [1.54, 1.807) is 14.2 Å². The number of methoxy groups -OCH3 is 2. The van der Waals surface area contributed by atoms with E-state index >= 15 is 0 Å². The molecule has 3 heterocycles. The molecule has 0 aliphatic carbocycles. The van der Waals surface area contributed by atoms with Crippen LogP contribution in [0.25, 0.3) is 0 Å². The SMILES string of the molecule is COc1ccc2c(c1OC)C[N+]1=C2Cc2cc3c(cc2CC1)OCO3. The summed E-state index contributed by atoms with van der Waals surface area (Å²) in [6, 6.07) is 8.45. The summed E-state index contributed by atoms with van der Waals surface area (Å²) < 4.78 is 24.7. The third kappa shape index (κ3) is 2.11. The van der Waals surface area contributed by atoms with Gasteiger partial charge in [0.1, 0.15) is 6.54 Å². The largest absolute Gasteiger partial charge is 0.493 e. The molecule has 5 heteroatoms. The van der Waals surface area contributed by atoms with E-state index in [9.17, 15) is 0 Å². The van der Waals surface area contributed by atoms with Crippen molar-refractivity contribution in [2.45, 2.75) is 19.4 Å². The van der Waals surface area contributed by atoms with Crippen molar-refractivity contribution in [3.8, 4) is 23.0 Å². The maximum atomic E-state index is 5.64. The third-order valence-corrected chi connectivity index (χ3v) is 5.39. The zero-order chi connectivity index (χ0) is 17.0. The first-order valence-electron chi connectivity index (χ1n) is 8.55. The minimum Gasteiger partial charge on any atom is -0.493 e. The Hall–Kier alpha value is -2.69. The molecule has 5 rings (SSSR count). The van der Waals surface area contributed by atoms with Gasteiger partial charge in [0.25, 0.3) is 0 Å². The van der Waals surface area contributed by atoms with E-state index < -0.39 is 0 Å². The quantitative estimate of drug-likeness (QED) is 0.789. The first-order chi connectivity index (χ1) is 12.3. The molecule has 0 atom stereocenters. The van der Waals surface area contributed by atoms with Crippen LogP contribution in [0.5, 0.6) is 23.0 Å². The average molecular weight is 338 g/mol. The fraction of sp³-hybridized carbons (Fsp3) is 0.350. The number of benzene rings is 2. The fourth-order valence-corrected chi connectivity index (χ4v) is 4.16. The highest BCUT2D eigenvalue weighted by Crippen LogP contribution is 2.40. The van der Waals surface area contributed by atoms with Crippen molar-refractivity contribution < 1.29 is 23.5 Å². The smallest absolute Gasteiger partial charge is 0.231 e. The van der Waals surface area contributed by atoms with E-state index in [1.165, 1.54) is 28.0 Å². The first-order valence-corrected chi connectivity index (χ1v) is 8.55. The molecule has 0 saturated carbocycles. The second-order valence-electron chi connectivity index (χ2n) is 6.60. The summed E-state index contributed by atoms with van der Waals surface area (Å²) in [6.07, 6.45) is 1.90. The summed E-state index contributed by atoms with van der Waals surface area (Å²) in [5.74, 6) is 3.38. The van der Waals surface area contributed by atoms with E-state index in [0.29, 0.717) is 6.79 Å². The predicted molar refractivity (Wildman–Crippen MR) is 92.5 cm³/mol. The highest BCUT2D eigenvalue weighted by atomic mass is 16.7. The number of hydrogen-bond acceptors (Lipinski definition) is 4. The van der Waals surface area contributed by atoms with E-state index in [0.717, 1.165) is 48.9 Å². The van der Waals surface area contributed by atoms with Gasteiger partial charge in [-0.2, -0.15) is 0 Å². The topological polar surface area (TPSA) is 39.9 Å². The Labute approximate surface area is 146 Å². The molecule has 0 bridgehead atoms. The number of ether oxygens (including phenoxy) is 4. The van der Waals surface area contributed by atoms with Crippen LogP contribution < -0.4 is 18.9 Å². The molecule has 3 aliphatic heterocycles. The monoisotopic (exact) mass is 338 g/mol. The molecule has 0 radical (unpaired) electrons. The minimum absolute atomic E-state index is 0.320. The summed E-state index contributed by atoms with van der Waals surface area (Å²) in [4.78, 5) is 0. The number of hydrogen-bond donors (Lipinski definition) is 0. The molecule has 2 aromatic rings. The molecule has 0 amide bonds. The van der Waals surface area contributed by atoms with Crippen LogP contribution in [0.15, 0.2) is 24.3 Å². The molecule has 2 aromatic carbocycles. The lowest BCUT2D eigenvalue weighted by Crippen LogP contribution is -2.16. The highest BCUT2D eigenvalue weighted by molar-refractivity contribution is 6.02. The van der Waals surface area contributed by atoms with Crippen molar-refractivity contribution >= 4 is 5.71 Å². The number of nitrogens with zero attached hydrogens (tertiary/aromatic N) is 1. The van der Waals surface area contributed by atoms with E-state index in [2.05, 4.69) is 22.8 Å². The van der Waals surface area contributed by atoms with Gasteiger partial charge in [-0.1, -0.05) is 0 Å². The van der Waals surface area contributed by atoms with Gasteiger partial charge in [-0.05, 0) is 35.4 Å². The van der Waals surface area contributed by atoms with Gasteiger partial charge >= 0.3 is 0 Å². The Morgan fingerprint density at radius 1 is 1.00 bits per heavy atom. The molecular formula is C20H20NO4+. The van der Waals surface area contributed by atoms with E-state index in [1.807, 2.05) is 6.07 Å². The van der Waals surface area contributed by atoms with Gasteiger partial charge in [0.05, 0.1) is 31.8 Å². The van der Waals surface area contributed by atoms with Gasteiger partial charge in [0.15, 0.2) is 35.3 Å². The number of fused-ring (bicyclic) bond motifs is 4. The van der Waals surface area contributed by atoms with E-state index in [-0.39, 0.29) is 0 Å². The minimum atomic E-state index is 0.320. The third-order valence-electron chi connectivity index (χ3n) is 5.39. The molecule has 0 N–H and O–H groups in total. The Balaban J connectivity index is 1.59. The van der Waals surface area contributed by atoms with Gasteiger partial charge in [-0.15, -0.1) is 0 Å². The molecule has 5 nitrogen and oxygen atoms in total. The lowest BCUT2D eigenvalue weighted by atomic mass is 9.95. The Kier molecular flexibility index (Phi) is 3.17. The zero-order valence-electron chi connectivity index (χ0n) is 14.4. The maximum absolute atomic E-state index is 5.64. The van der Waals surface area contributed by atoms with Crippen molar-refractivity contribution in [1.82, 2.24) is 0 Å². The molecule has 0 aromatic heterocycles. The van der Waals surface area contributed by atoms with Crippen LogP contribution >= 0.6 is 0 Å². The summed E-state index contributed by atoms with van der Waals surface area (Å²) >= 11 is 0. The van der Waals surface area contributed by atoms with Gasteiger partial charge in [0, 0.05) is 6.42 Å². The molecule has 0 fully saturated rings. The van der Waals surface area contributed by atoms with Crippen LogP contribution in [0, 0.1) is 0 Å². The summed E-state index contributed by atoms with van der Waals surface area (Å²) in [5, 5.41) is 0. The number of rotatable bonds is 2. The molecule has 0 saturated heterocycles. The van der Waals surface area contributed by atoms with Crippen molar-refractivity contribution in [2.24, 2.45) is 0 Å².